The lowest BCUT2D eigenvalue weighted by Crippen LogP contribution is -2.08. The molecule has 1 saturated carbocycles. The molecule has 6 heteroatoms. The van der Waals surface area contributed by atoms with Gasteiger partial charge in [0, 0.05) is 5.92 Å². The maximum Gasteiger partial charge on any atom is 0.358 e. The van der Waals surface area contributed by atoms with Gasteiger partial charge in [-0.15, -0.1) is 5.10 Å². The van der Waals surface area contributed by atoms with Gasteiger partial charge < -0.3 is 5.11 Å². The van der Waals surface area contributed by atoms with Crippen molar-refractivity contribution in [2.24, 2.45) is 0 Å². The summed E-state index contributed by atoms with van der Waals surface area (Å²) in [6.45, 7) is 1.76. The zero-order valence-electron chi connectivity index (χ0n) is 10.3. The highest BCUT2D eigenvalue weighted by Crippen LogP contribution is 2.42. The number of benzene rings is 1. The Morgan fingerprint density at radius 3 is 2.79 bits per heavy atom. The Hall–Kier alpha value is -2.24. The van der Waals surface area contributed by atoms with Gasteiger partial charge >= 0.3 is 5.97 Å². The highest BCUT2D eigenvalue weighted by molar-refractivity contribution is 5.87. The minimum atomic E-state index is -1.12. The molecular weight excluding hydrogens is 249 g/mol. The van der Waals surface area contributed by atoms with Gasteiger partial charge in [0.1, 0.15) is 11.5 Å². The number of halogens is 1. The van der Waals surface area contributed by atoms with E-state index in [1.165, 1.54) is 10.7 Å². The third-order valence-corrected chi connectivity index (χ3v) is 3.27. The third kappa shape index (κ3) is 1.89. The number of hydrogen-bond donors (Lipinski definition) is 1. The predicted molar refractivity (Wildman–Crippen MR) is 65.0 cm³/mol. The Balaban J connectivity index is 2.23. The zero-order chi connectivity index (χ0) is 13.6. The van der Waals surface area contributed by atoms with Crippen LogP contribution < -0.4 is 0 Å². The Morgan fingerprint density at radius 1 is 1.47 bits per heavy atom. The summed E-state index contributed by atoms with van der Waals surface area (Å²) < 4.78 is 15.3. The number of carboxylic acids is 1. The molecule has 0 spiro atoms. The number of para-hydroxylation sites is 1. The number of carboxylic acid groups (broad SMARTS) is 1. The first-order chi connectivity index (χ1) is 9.09. The SMILES string of the molecule is Cc1cccc(F)c1-n1nnc(C(=O)O)c1C1CC1. The van der Waals surface area contributed by atoms with Gasteiger partial charge in [-0.1, -0.05) is 17.3 Å². The van der Waals surface area contributed by atoms with Crippen molar-refractivity contribution in [3.63, 3.8) is 0 Å². The number of carbonyl (C=O) groups is 1. The summed E-state index contributed by atoms with van der Waals surface area (Å²) in [5.41, 5.74) is 1.40. The Morgan fingerprint density at radius 2 is 2.21 bits per heavy atom. The smallest absolute Gasteiger partial charge is 0.358 e. The average molecular weight is 261 g/mol. The lowest BCUT2D eigenvalue weighted by atomic mass is 10.1. The maximum absolute atomic E-state index is 14.0. The normalized spacial score (nSPS) is 14.6. The molecule has 1 aliphatic rings. The first-order valence-electron chi connectivity index (χ1n) is 6.04. The summed E-state index contributed by atoms with van der Waals surface area (Å²) >= 11 is 0. The van der Waals surface area contributed by atoms with Crippen LogP contribution in [0.2, 0.25) is 0 Å². The summed E-state index contributed by atoms with van der Waals surface area (Å²) in [4.78, 5) is 11.2. The molecular formula is C13H12FN3O2. The molecule has 0 atom stereocenters. The Bertz CT molecular complexity index is 642. The quantitative estimate of drug-likeness (QED) is 0.920. The second-order valence-corrected chi connectivity index (χ2v) is 4.72. The van der Waals surface area contributed by atoms with Crippen LogP contribution in [0.5, 0.6) is 0 Å². The average Bonchev–Trinajstić information content (AvgIpc) is 3.09. The molecule has 0 amide bonds. The van der Waals surface area contributed by atoms with Gasteiger partial charge in [-0.05, 0) is 31.4 Å². The van der Waals surface area contributed by atoms with E-state index < -0.39 is 11.8 Å². The molecule has 19 heavy (non-hydrogen) atoms. The second kappa shape index (κ2) is 4.15. The number of aryl methyl sites for hydroxylation is 1. The fourth-order valence-corrected chi connectivity index (χ4v) is 2.22. The molecule has 98 valence electrons. The van der Waals surface area contributed by atoms with E-state index in [1.54, 1.807) is 19.1 Å². The standard InChI is InChI=1S/C13H12FN3O2/c1-7-3-2-4-9(14)11(7)17-12(8-5-6-8)10(13(18)19)15-16-17/h2-4,8H,5-6H2,1H3,(H,18,19). The predicted octanol–water partition coefficient (Wildman–Crippen LogP) is 2.29. The fraction of sp³-hybridized carbons (Fsp3) is 0.308. The Labute approximate surface area is 108 Å². The van der Waals surface area contributed by atoms with E-state index in [9.17, 15) is 9.18 Å². The third-order valence-electron chi connectivity index (χ3n) is 3.27. The molecule has 1 heterocycles. The van der Waals surface area contributed by atoms with Gasteiger partial charge in [-0.2, -0.15) is 0 Å². The van der Waals surface area contributed by atoms with Crippen LogP contribution in [-0.4, -0.2) is 26.1 Å². The van der Waals surface area contributed by atoms with Gasteiger partial charge in [0.2, 0.25) is 0 Å². The highest BCUT2D eigenvalue weighted by atomic mass is 19.1. The monoisotopic (exact) mass is 261 g/mol. The highest BCUT2D eigenvalue weighted by Gasteiger charge is 2.35. The van der Waals surface area contributed by atoms with Crippen LogP contribution in [0.3, 0.4) is 0 Å². The van der Waals surface area contributed by atoms with Gasteiger partial charge in [0.05, 0.1) is 5.69 Å². The van der Waals surface area contributed by atoms with Crippen molar-refractivity contribution in [1.82, 2.24) is 15.0 Å². The van der Waals surface area contributed by atoms with E-state index in [2.05, 4.69) is 10.3 Å². The number of rotatable bonds is 3. The maximum atomic E-state index is 14.0. The summed E-state index contributed by atoms with van der Waals surface area (Å²) in [5.74, 6) is -1.44. The van der Waals surface area contributed by atoms with Crippen LogP contribution in [0.4, 0.5) is 4.39 Å². The van der Waals surface area contributed by atoms with Crippen LogP contribution in [0.25, 0.3) is 5.69 Å². The number of hydrogen-bond acceptors (Lipinski definition) is 3. The largest absolute Gasteiger partial charge is 0.476 e. The molecule has 1 aromatic carbocycles. The lowest BCUT2D eigenvalue weighted by molar-refractivity contribution is 0.0689. The Kier molecular flexibility index (Phi) is 2.58. The van der Waals surface area contributed by atoms with E-state index in [1.807, 2.05) is 0 Å². The number of aromatic nitrogens is 3. The van der Waals surface area contributed by atoms with Crippen LogP contribution in [0.15, 0.2) is 18.2 Å². The van der Waals surface area contributed by atoms with Gasteiger partial charge in [-0.3, -0.25) is 0 Å². The van der Waals surface area contributed by atoms with Crippen molar-refractivity contribution in [3.05, 3.63) is 41.0 Å². The second-order valence-electron chi connectivity index (χ2n) is 4.72. The molecule has 3 rings (SSSR count). The molecule has 5 nitrogen and oxygen atoms in total. The molecule has 1 aromatic heterocycles. The summed E-state index contributed by atoms with van der Waals surface area (Å²) in [6.07, 6.45) is 1.78. The van der Waals surface area contributed by atoms with Crippen molar-refractivity contribution < 1.29 is 14.3 Å². The van der Waals surface area contributed by atoms with Gasteiger partial charge in [0.15, 0.2) is 5.69 Å². The molecule has 1 fully saturated rings. The van der Waals surface area contributed by atoms with Crippen LogP contribution >= 0.6 is 0 Å². The molecule has 2 aromatic rings. The molecule has 0 saturated heterocycles. The zero-order valence-corrected chi connectivity index (χ0v) is 10.3. The molecule has 0 unspecified atom stereocenters. The van der Waals surface area contributed by atoms with Crippen molar-refractivity contribution in [2.75, 3.05) is 0 Å². The molecule has 1 aliphatic carbocycles. The van der Waals surface area contributed by atoms with Crippen molar-refractivity contribution in [1.29, 1.82) is 0 Å². The van der Waals surface area contributed by atoms with Crippen molar-refractivity contribution in [3.8, 4) is 5.69 Å². The summed E-state index contributed by atoms with van der Waals surface area (Å²) in [7, 11) is 0. The lowest BCUT2D eigenvalue weighted by Gasteiger charge is -2.09. The fourth-order valence-electron chi connectivity index (χ4n) is 2.22. The first-order valence-corrected chi connectivity index (χ1v) is 6.04. The van der Waals surface area contributed by atoms with Crippen molar-refractivity contribution in [2.45, 2.75) is 25.7 Å². The minimum Gasteiger partial charge on any atom is -0.476 e. The first kappa shape index (κ1) is 11.8. The summed E-state index contributed by atoms with van der Waals surface area (Å²) in [6, 6.07) is 4.71. The van der Waals surface area contributed by atoms with Crippen LogP contribution in [0.1, 0.15) is 40.5 Å². The van der Waals surface area contributed by atoms with E-state index in [0.29, 0.717) is 11.3 Å². The summed E-state index contributed by atoms with van der Waals surface area (Å²) in [5, 5.41) is 16.7. The molecule has 0 radical (unpaired) electrons. The molecule has 0 aliphatic heterocycles. The van der Waals surface area contributed by atoms with Crippen LogP contribution in [0, 0.1) is 12.7 Å². The van der Waals surface area contributed by atoms with E-state index in [4.69, 9.17) is 5.11 Å². The van der Waals surface area contributed by atoms with Crippen molar-refractivity contribution >= 4 is 5.97 Å². The number of nitrogens with zero attached hydrogens (tertiary/aromatic N) is 3. The number of aromatic carboxylic acids is 1. The van der Waals surface area contributed by atoms with E-state index in [0.717, 1.165) is 12.8 Å². The molecule has 1 N–H and O–H groups in total. The van der Waals surface area contributed by atoms with Crippen LogP contribution in [-0.2, 0) is 0 Å². The van der Waals surface area contributed by atoms with E-state index in [-0.39, 0.29) is 17.3 Å². The topological polar surface area (TPSA) is 68.0 Å². The van der Waals surface area contributed by atoms with Gasteiger partial charge in [-0.25, -0.2) is 13.9 Å². The minimum absolute atomic E-state index is 0.0786. The molecule has 0 bridgehead atoms. The van der Waals surface area contributed by atoms with E-state index >= 15 is 0 Å². The van der Waals surface area contributed by atoms with Gasteiger partial charge in [0.25, 0.3) is 0 Å².